The van der Waals surface area contributed by atoms with Crippen molar-refractivity contribution in [2.75, 3.05) is 18.7 Å². The lowest BCUT2D eigenvalue weighted by atomic mass is 9.84. The van der Waals surface area contributed by atoms with E-state index in [4.69, 9.17) is 9.47 Å². The number of rotatable bonds is 3. The van der Waals surface area contributed by atoms with E-state index in [9.17, 15) is 14.4 Å². The Hall–Kier alpha value is -2.77. The Balaban J connectivity index is 1.41. The zero-order chi connectivity index (χ0) is 18.9. The Labute approximate surface area is 157 Å². The Kier molecular flexibility index (Phi) is 4.63. The Morgan fingerprint density at radius 2 is 1.78 bits per heavy atom. The summed E-state index contributed by atoms with van der Waals surface area (Å²) in [6, 6.07) is 4.56. The van der Waals surface area contributed by atoms with Crippen molar-refractivity contribution >= 4 is 23.5 Å². The molecule has 2 aliphatic heterocycles. The summed E-state index contributed by atoms with van der Waals surface area (Å²) in [4.78, 5) is 38.7. The molecular weight excluding hydrogens is 350 g/mol. The predicted octanol–water partition coefficient (Wildman–Crippen LogP) is 2.39. The molecule has 2 fully saturated rings. The summed E-state index contributed by atoms with van der Waals surface area (Å²) in [6.45, 7) is -0.155. The van der Waals surface area contributed by atoms with Crippen LogP contribution in [0.1, 0.15) is 44.9 Å². The fourth-order valence-electron chi connectivity index (χ4n) is 3.99. The van der Waals surface area contributed by atoms with Gasteiger partial charge in [0.25, 0.3) is 5.91 Å². The van der Waals surface area contributed by atoms with Crippen molar-refractivity contribution in [2.45, 2.75) is 50.5 Å². The molecule has 0 bridgehead atoms. The Bertz CT molecular complexity index is 771. The van der Waals surface area contributed by atoms with Crippen LogP contribution in [0.25, 0.3) is 0 Å². The number of benzene rings is 1. The number of carbonyl (C=O) groups is 3. The van der Waals surface area contributed by atoms with Gasteiger partial charge in [-0.05, 0) is 25.0 Å². The van der Waals surface area contributed by atoms with Crippen LogP contribution in [0.5, 0.6) is 11.5 Å². The van der Waals surface area contributed by atoms with Crippen LogP contribution >= 0.6 is 0 Å². The van der Waals surface area contributed by atoms with E-state index < -0.39 is 17.5 Å². The summed E-state index contributed by atoms with van der Waals surface area (Å²) in [7, 11) is 0. The van der Waals surface area contributed by atoms with Crippen LogP contribution in [0.4, 0.5) is 10.5 Å². The normalized spacial score (nSPS) is 21.0. The Morgan fingerprint density at radius 1 is 1.07 bits per heavy atom. The minimum absolute atomic E-state index is 0.150. The average Bonchev–Trinajstić information content (AvgIpc) is 3.17. The first-order valence-corrected chi connectivity index (χ1v) is 9.41. The fourth-order valence-corrected chi connectivity index (χ4v) is 3.99. The monoisotopic (exact) mass is 373 g/mol. The second kappa shape index (κ2) is 7.09. The van der Waals surface area contributed by atoms with Gasteiger partial charge in [0, 0.05) is 11.8 Å². The lowest BCUT2D eigenvalue weighted by molar-refractivity contribution is -0.134. The highest BCUT2D eigenvalue weighted by Crippen LogP contribution is 2.34. The lowest BCUT2D eigenvalue weighted by Crippen LogP contribution is -2.47. The molecular formula is C19H23N3O5. The van der Waals surface area contributed by atoms with Crippen molar-refractivity contribution in [2.24, 2.45) is 0 Å². The largest absolute Gasteiger partial charge is 0.454 e. The molecule has 1 saturated carbocycles. The van der Waals surface area contributed by atoms with E-state index in [1.165, 1.54) is 6.42 Å². The molecule has 1 aliphatic carbocycles. The third-order valence-corrected chi connectivity index (χ3v) is 5.41. The van der Waals surface area contributed by atoms with Crippen LogP contribution in [0.3, 0.4) is 0 Å². The molecule has 1 aromatic carbocycles. The highest BCUT2D eigenvalue weighted by Gasteiger charge is 2.50. The minimum Gasteiger partial charge on any atom is -0.454 e. The van der Waals surface area contributed by atoms with Crippen molar-refractivity contribution in [1.82, 2.24) is 10.2 Å². The van der Waals surface area contributed by atoms with Gasteiger partial charge < -0.3 is 20.1 Å². The van der Waals surface area contributed by atoms with Gasteiger partial charge in [-0.25, -0.2) is 4.79 Å². The lowest BCUT2D eigenvalue weighted by Gasteiger charge is -2.28. The highest BCUT2D eigenvalue weighted by molar-refractivity contribution is 6.10. The molecule has 0 radical (unpaired) electrons. The number of ether oxygens (including phenoxy) is 2. The van der Waals surface area contributed by atoms with E-state index >= 15 is 0 Å². The van der Waals surface area contributed by atoms with Gasteiger partial charge >= 0.3 is 6.03 Å². The summed E-state index contributed by atoms with van der Waals surface area (Å²) in [5, 5.41) is 5.57. The molecule has 1 aromatic rings. The predicted molar refractivity (Wildman–Crippen MR) is 96.5 cm³/mol. The number of nitrogens with one attached hydrogen (secondary N) is 2. The molecule has 8 nitrogen and oxygen atoms in total. The standard InChI is InChI=1S/C19H23N3O5/c23-16(20-13-6-7-14-15(10-13)27-12-26-14)11-22-17(24)19(21-18(22)25)8-4-2-1-3-5-9-19/h6-7,10H,1-5,8-9,11-12H2,(H,20,23)(H,21,25). The molecule has 4 amide bonds. The first kappa shape index (κ1) is 17.6. The maximum absolute atomic E-state index is 12.9. The summed E-state index contributed by atoms with van der Waals surface area (Å²) in [5.41, 5.74) is -0.312. The van der Waals surface area contributed by atoms with E-state index in [1.807, 2.05) is 0 Å². The van der Waals surface area contributed by atoms with Crippen molar-refractivity contribution < 1.29 is 23.9 Å². The zero-order valence-electron chi connectivity index (χ0n) is 15.1. The first-order chi connectivity index (χ1) is 13.1. The first-order valence-electron chi connectivity index (χ1n) is 9.41. The second-order valence-corrected chi connectivity index (χ2v) is 7.29. The van der Waals surface area contributed by atoms with Gasteiger partial charge in [0.15, 0.2) is 11.5 Å². The molecule has 2 N–H and O–H groups in total. The molecule has 8 heteroatoms. The number of urea groups is 1. The van der Waals surface area contributed by atoms with E-state index in [-0.39, 0.29) is 19.2 Å². The molecule has 0 aromatic heterocycles. The molecule has 0 unspecified atom stereocenters. The van der Waals surface area contributed by atoms with E-state index in [2.05, 4.69) is 10.6 Å². The van der Waals surface area contributed by atoms with Gasteiger partial charge in [-0.15, -0.1) is 0 Å². The molecule has 1 spiro atoms. The summed E-state index contributed by atoms with van der Waals surface area (Å²) < 4.78 is 10.5. The van der Waals surface area contributed by atoms with Gasteiger partial charge in [-0.2, -0.15) is 0 Å². The number of hydrogen-bond donors (Lipinski definition) is 2. The fraction of sp³-hybridized carbons (Fsp3) is 0.526. The summed E-state index contributed by atoms with van der Waals surface area (Å²) >= 11 is 0. The minimum atomic E-state index is -0.837. The molecule has 144 valence electrons. The number of amides is 4. The van der Waals surface area contributed by atoms with Gasteiger partial charge in [-0.1, -0.05) is 32.1 Å². The topological polar surface area (TPSA) is 97.0 Å². The van der Waals surface area contributed by atoms with Crippen molar-refractivity contribution in [3.8, 4) is 11.5 Å². The molecule has 0 atom stereocenters. The summed E-state index contributed by atoms with van der Waals surface area (Å²) in [6.07, 6.45) is 6.38. The van der Waals surface area contributed by atoms with E-state index in [0.29, 0.717) is 30.0 Å². The van der Waals surface area contributed by atoms with Crippen LogP contribution in [0.2, 0.25) is 0 Å². The molecule has 4 rings (SSSR count). The van der Waals surface area contributed by atoms with Gasteiger partial charge in [-0.3, -0.25) is 14.5 Å². The maximum Gasteiger partial charge on any atom is 0.325 e. The zero-order valence-corrected chi connectivity index (χ0v) is 15.1. The second-order valence-electron chi connectivity index (χ2n) is 7.29. The van der Waals surface area contributed by atoms with Crippen LogP contribution in [-0.2, 0) is 9.59 Å². The Morgan fingerprint density at radius 3 is 2.56 bits per heavy atom. The van der Waals surface area contributed by atoms with E-state index in [1.54, 1.807) is 18.2 Å². The van der Waals surface area contributed by atoms with Crippen molar-refractivity contribution in [3.63, 3.8) is 0 Å². The van der Waals surface area contributed by atoms with Crippen molar-refractivity contribution in [1.29, 1.82) is 0 Å². The van der Waals surface area contributed by atoms with E-state index in [0.717, 1.165) is 30.6 Å². The van der Waals surface area contributed by atoms with Crippen LogP contribution in [0, 0.1) is 0 Å². The number of hydrogen-bond acceptors (Lipinski definition) is 5. The number of nitrogens with zero attached hydrogens (tertiary/aromatic N) is 1. The third-order valence-electron chi connectivity index (χ3n) is 5.41. The van der Waals surface area contributed by atoms with Crippen LogP contribution < -0.4 is 20.1 Å². The molecule has 27 heavy (non-hydrogen) atoms. The SMILES string of the molecule is O=C(CN1C(=O)NC2(CCCCCCC2)C1=O)Nc1ccc2c(c1)OCO2. The van der Waals surface area contributed by atoms with Crippen LogP contribution in [-0.4, -0.2) is 41.6 Å². The quantitative estimate of drug-likeness (QED) is 0.793. The number of fused-ring (bicyclic) bond motifs is 1. The van der Waals surface area contributed by atoms with Gasteiger partial charge in [0.05, 0.1) is 0 Å². The molecule has 3 aliphatic rings. The highest BCUT2D eigenvalue weighted by atomic mass is 16.7. The van der Waals surface area contributed by atoms with Gasteiger partial charge in [0.2, 0.25) is 12.7 Å². The summed E-state index contributed by atoms with van der Waals surface area (Å²) in [5.74, 6) is 0.458. The number of imide groups is 1. The third kappa shape index (κ3) is 3.43. The number of anilines is 1. The maximum atomic E-state index is 12.9. The number of carbonyl (C=O) groups excluding carboxylic acids is 3. The average molecular weight is 373 g/mol. The molecule has 1 saturated heterocycles. The van der Waals surface area contributed by atoms with Gasteiger partial charge in [0.1, 0.15) is 12.1 Å². The van der Waals surface area contributed by atoms with Crippen molar-refractivity contribution in [3.05, 3.63) is 18.2 Å². The van der Waals surface area contributed by atoms with Crippen LogP contribution in [0.15, 0.2) is 18.2 Å². The smallest absolute Gasteiger partial charge is 0.325 e. The molecule has 2 heterocycles.